The summed E-state index contributed by atoms with van der Waals surface area (Å²) in [6, 6.07) is 22.4. The molecular formula is C21H18OS. The van der Waals surface area contributed by atoms with Gasteiger partial charge in [-0.3, -0.25) is 4.79 Å². The van der Waals surface area contributed by atoms with Gasteiger partial charge in [-0.15, -0.1) is 11.8 Å². The molecule has 0 aliphatic heterocycles. The number of hydrogen-bond acceptors (Lipinski definition) is 2. The van der Waals surface area contributed by atoms with Crippen molar-refractivity contribution in [2.45, 2.75) is 11.3 Å². The molecule has 1 nitrogen and oxygen atoms in total. The Kier molecular flexibility index (Phi) is 4.94. The number of thioether (sulfide) groups is 1. The topological polar surface area (TPSA) is 17.1 Å². The van der Waals surface area contributed by atoms with Gasteiger partial charge in [0.2, 0.25) is 0 Å². The SMILES string of the molecule is CSc1cccc2cccc(CC(=O)/C=C/c3ccccc3)c12. The Morgan fingerprint density at radius 3 is 2.43 bits per heavy atom. The molecular weight excluding hydrogens is 300 g/mol. The third-order valence-corrected chi connectivity index (χ3v) is 4.58. The molecule has 23 heavy (non-hydrogen) atoms. The molecule has 3 aromatic carbocycles. The van der Waals surface area contributed by atoms with Crippen LogP contribution in [0.1, 0.15) is 11.1 Å². The van der Waals surface area contributed by atoms with Crippen LogP contribution < -0.4 is 0 Å². The second kappa shape index (κ2) is 7.30. The second-order valence-corrected chi connectivity index (χ2v) is 6.21. The van der Waals surface area contributed by atoms with Gasteiger partial charge in [-0.2, -0.15) is 0 Å². The number of benzene rings is 3. The second-order valence-electron chi connectivity index (χ2n) is 5.36. The highest BCUT2D eigenvalue weighted by Gasteiger charge is 2.08. The summed E-state index contributed by atoms with van der Waals surface area (Å²) in [5, 5.41) is 2.39. The van der Waals surface area contributed by atoms with Crippen LogP contribution in [-0.2, 0) is 11.2 Å². The van der Waals surface area contributed by atoms with Crippen LogP contribution in [0.25, 0.3) is 16.8 Å². The summed E-state index contributed by atoms with van der Waals surface area (Å²) in [7, 11) is 0. The third-order valence-electron chi connectivity index (χ3n) is 3.80. The van der Waals surface area contributed by atoms with Crippen molar-refractivity contribution in [2.75, 3.05) is 6.26 Å². The summed E-state index contributed by atoms with van der Waals surface area (Å²) in [4.78, 5) is 13.6. The van der Waals surface area contributed by atoms with Gasteiger partial charge in [0.1, 0.15) is 0 Å². The van der Waals surface area contributed by atoms with E-state index in [9.17, 15) is 4.79 Å². The predicted molar refractivity (Wildman–Crippen MR) is 99.9 cm³/mol. The molecule has 0 aliphatic carbocycles. The zero-order chi connectivity index (χ0) is 16.1. The van der Waals surface area contributed by atoms with Crippen LogP contribution in [-0.4, -0.2) is 12.0 Å². The van der Waals surface area contributed by atoms with Crippen LogP contribution in [0, 0.1) is 0 Å². The molecule has 0 aliphatic rings. The van der Waals surface area contributed by atoms with Crippen molar-refractivity contribution in [1.82, 2.24) is 0 Å². The fraction of sp³-hybridized carbons (Fsp3) is 0.0952. The molecule has 0 radical (unpaired) electrons. The first kappa shape index (κ1) is 15.6. The van der Waals surface area contributed by atoms with Crippen LogP contribution in [0.2, 0.25) is 0 Å². The van der Waals surface area contributed by atoms with Crippen LogP contribution in [0.5, 0.6) is 0 Å². The van der Waals surface area contributed by atoms with E-state index in [2.05, 4.69) is 36.6 Å². The Morgan fingerprint density at radius 1 is 0.957 bits per heavy atom. The summed E-state index contributed by atoms with van der Waals surface area (Å²) < 4.78 is 0. The Balaban J connectivity index is 1.87. The van der Waals surface area contributed by atoms with E-state index in [4.69, 9.17) is 0 Å². The minimum absolute atomic E-state index is 0.122. The number of carbonyl (C=O) groups is 1. The van der Waals surface area contributed by atoms with E-state index in [-0.39, 0.29) is 5.78 Å². The molecule has 0 aromatic heterocycles. The summed E-state index contributed by atoms with van der Waals surface area (Å²) in [5.74, 6) is 0.122. The standard InChI is InChI=1S/C21H18OS/c1-23-20-12-6-10-17-9-5-11-18(21(17)20)15-19(22)14-13-16-7-3-2-4-8-16/h2-14H,15H2,1H3/b14-13+. The van der Waals surface area contributed by atoms with Crippen molar-refractivity contribution in [3.8, 4) is 0 Å². The largest absolute Gasteiger partial charge is 0.294 e. The Hall–Kier alpha value is -2.32. The van der Waals surface area contributed by atoms with Crippen LogP contribution in [0.15, 0.2) is 77.7 Å². The smallest absolute Gasteiger partial charge is 0.160 e. The highest BCUT2D eigenvalue weighted by atomic mass is 32.2. The van der Waals surface area contributed by atoms with Crippen molar-refractivity contribution in [3.05, 3.63) is 83.9 Å². The minimum Gasteiger partial charge on any atom is -0.294 e. The Morgan fingerprint density at radius 2 is 1.70 bits per heavy atom. The molecule has 2 heteroatoms. The fourth-order valence-electron chi connectivity index (χ4n) is 2.70. The van der Waals surface area contributed by atoms with Gasteiger partial charge in [0.05, 0.1) is 0 Å². The average molecular weight is 318 g/mol. The lowest BCUT2D eigenvalue weighted by molar-refractivity contribution is -0.113. The van der Waals surface area contributed by atoms with Gasteiger partial charge in [0.15, 0.2) is 5.78 Å². The quantitative estimate of drug-likeness (QED) is 0.463. The number of hydrogen-bond donors (Lipinski definition) is 0. The zero-order valence-corrected chi connectivity index (χ0v) is 13.8. The van der Waals surface area contributed by atoms with Gasteiger partial charge in [-0.25, -0.2) is 0 Å². The third kappa shape index (κ3) is 3.72. The van der Waals surface area contributed by atoms with Gasteiger partial charge in [-0.1, -0.05) is 66.7 Å². The summed E-state index contributed by atoms with van der Waals surface area (Å²) >= 11 is 1.72. The molecule has 0 fully saturated rings. The van der Waals surface area contributed by atoms with E-state index >= 15 is 0 Å². The van der Waals surface area contributed by atoms with Gasteiger partial charge >= 0.3 is 0 Å². The van der Waals surface area contributed by atoms with Crippen LogP contribution >= 0.6 is 11.8 Å². The van der Waals surface area contributed by atoms with Crippen LogP contribution in [0.4, 0.5) is 0 Å². The number of allylic oxidation sites excluding steroid dienone is 1. The molecule has 3 rings (SSSR count). The average Bonchev–Trinajstić information content (AvgIpc) is 2.60. The summed E-state index contributed by atoms with van der Waals surface area (Å²) in [5.41, 5.74) is 2.14. The molecule has 0 N–H and O–H groups in total. The van der Waals surface area contributed by atoms with Crippen molar-refractivity contribution < 1.29 is 4.79 Å². The zero-order valence-electron chi connectivity index (χ0n) is 13.0. The van der Waals surface area contributed by atoms with E-state index in [1.165, 1.54) is 15.7 Å². The van der Waals surface area contributed by atoms with E-state index in [1.807, 2.05) is 42.5 Å². The lowest BCUT2D eigenvalue weighted by atomic mass is 10.00. The van der Waals surface area contributed by atoms with Gasteiger partial charge in [0.25, 0.3) is 0 Å². The summed E-state index contributed by atoms with van der Waals surface area (Å²) in [6.45, 7) is 0. The Labute approximate surface area is 141 Å². The highest BCUT2D eigenvalue weighted by Crippen LogP contribution is 2.29. The molecule has 0 heterocycles. The Bertz CT molecular complexity index is 845. The first-order chi connectivity index (χ1) is 11.3. The number of ketones is 1. The molecule has 0 amide bonds. The number of carbonyl (C=O) groups excluding carboxylic acids is 1. The van der Waals surface area contributed by atoms with Gasteiger partial charge in [0, 0.05) is 11.3 Å². The molecule has 0 atom stereocenters. The lowest BCUT2D eigenvalue weighted by Crippen LogP contribution is -1.99. The van der Waals surface area contributed by atoms with E-state index in [0.717, 1.165) is 11.1 Å². The molecule has 0 saturated carbocycles. The molecule has 114 valence electrons. The molecule has 0 unspecified atom stereocenters. The lowest BCUT2D eigenvalue weighted by Gasteiger charge is -2.09. The minimum atomic E-state index is 0.122. The first-order valence-corrected chi connectivity index (χ1v) is 8.81. The van der Waals surface area contributed by atoms with Crippen LogP contribution in [0.3, 0.4) is 0 Å². The van der Waals surface area contributed by atoms with Crippen molar-refractivity contribution in [2.24, 2.45) is 0 Å². The van der Waals surface area contributed by atoms with Crippen molar-refractivity contribution in [1.29, 1.82) is 0 Å². The predicted octanol–water partition coefficient (Wildman–Crippen LogP) is 5.39. The van der Waals surface area contributed by atoms with E-state index in [0.29, 0.717) is 6.42 Å². The van der Waals surface area contributed by atoms with Gasteiger partial charge < -0.3 is 0 Å². The molecule has 0 bridgehead atoms. The van der Waals surface area contributed by atoms with E-state index in [1.54, 1.807) is 17.8 Å². The molecule has 3 aromatic rings. The normalized spacial score (nSPS) is 11.2. The van der Waals surface area contributed by atoms with E-state index < -0.39 is 0 Å². The maximum absolute atomic E-state index is 12.3. The fourth-order valence-corrected chi connectivity index (χ4v) is 3.37. The maximum Gasteiger partial charge on any atom is 0.160 e. The number of fused-ring (bicyclic) bond motifs is 1. The van der Waals surface area contributed by atoms with Gasteiger partial charge in [-0.05, 0) is 40.3 Å². The first-order valence-electron chi connectivity index (χ1n) is 7.58. The number of rotatable bonds is 5. The monoisotopic (exact) mass is 318 g/mol. The highest BCUT2D eigenvalue weighted by molar-refractivity contribution is 7.98. The molecule has 0 saturated heterocycles. The van der Waals surface area contributed by atoms with Crippen molar-refractivity contribution in [3.63, 3.8) is 0 Å². The van der Waals surface area contributed by atoms with Crippen molar-refractivity contribution >= 4 is 34.4 Å². The maximum atomic E-state index is 12.3. The summed E-state index contributed by atoms with van der Waals surface area (Å²) in [6.07, 6.45) is 6.06. The molecule has 0 spiro atoms.